The predicted molar refractivity (Wildman–Crippen MR) is 71.6 cm³/mol. The Morgan fingerprint density at radius 1 is 1.31 bits per heavy atom. The molecular weight excluding hydrogens is 264 g/mol. The van der Waals surface area contributed by atoms with Crippen molar-refractivity contribution < 1.29 is 0 Å². The van der Waals surface area contributed by atoms with Gasteiger partial charge in [0.1, 0.15) is 0 Å². The first-order valence-electron chi connectivity index (χ1n) is 5.97. The van der Waals surface area contributed by atoms with Gasteiger partial charge < -0.3 is 10.6 Å². The molecule has 3 heteroatoms. The van der Waals surface area contributed by atoms with Crippen LogP contribution in [0.15, 0.2) is 28.7 Å². The van der Waals surface area contributed by atoms with Gasteiger partial charge in [-0.05, 0) is 44.1 Å². The molecule has 16 heavy (non-hydrogen) atoms. The molecule has 1 aliphatic rings. The van der Waals surface area contributed by atoms with Gasteiger partial charge in [-0.1, -0.05) is 34.5 Å². The second-order valence-electron chi connectivity index (χ2n) is 4.37. The zero-order chi connectivity index (χ0) is 11.4. The van der Waals surface area contributed by atoms with Crippen LogP contribution in [0.5, 0.6) is 0 Å². The first kappa shape index (κ1) is 12.1. The molecule has 88 valence electrons. The van der Waals surface area contributed by atoms with Gasteiger partial charge in [-0.2, -0.15) is 0 Å². The van der Waals surface area contributed by atoms with Gasteiger partial charge in [0, 0.05) is 16.6 Å². The fraction of sp³-hybridized carbons (Fsp3) is 0.538. The van der Waals surface area contributed by atoms with Gasteiger partial charge >= 0.3 is 0 Å². The van der Waals surface area contributed by atoms with Crippen LogP contribution in [-0.2, 0) is 0 Å². The zero-order valence-corrected chi connectivity index (χ0v) is 11.3. The molecule has 0 radical (unpaired) electrons. The van der Waals surface area contributed by atoms with Crippen LogP contribution in [0.25, 0.3) is 0 Å². The molecule has 1 aliphatic heterocycles. The lowest BCUT2D eigenvalue weighted by Crippen LogP contribution is -2.43. The smallest absolute Gasteiger partial charge is 0.0473 e. The summed E-state index contributed by atoms with van der Waals surface area (Å²) in [6.07, 6.45) is 3.92. The van der Waals surface area contributed by atoms with Gasteiger partial charge in [0.05, 0.1) is 0 Å². The minimum absolute atomic E-state index is 0.424. The van der Waals surface area contributed by atoms with E-state index in [1.165, 1.54) is 24.8 Å². The summed E-state index contributed by atoms with van der Waals surface area (Å²) in [4.78, 5) is 0. The van der Waals surface area contributed by atoms with E-state index in [9.17, 15) is 0 Å². The van der Waals surface area contributed by atoms with Gasteiger partial charge in [-0.15, -0.1) is 0 Å². The highest BCUT2D eigenvalue weighted by atomic mass is 79.9. The minimum Gasteiger partial charge on any atom is -0.312 e. The van der Waals surface area contributed by atoms with Crippen molar-refractivity contribution in [3.05, 3.63) is 34.3 Å². The van der Waals surface area contributed by atoms with E-state index in [2.05, 4.69) is 50.8 Å². The van der Waals surface area contributed by atoms with Crippen molar-refractivity contribution in [2.75, 3.05) is 13.6 Å². The van der Waals surface area contributed by atoms with Crippen LogP contribution in [-0.4, -0.2) is 19.6 Å². The molecule has 1 fully saturated rings. The fourth-order valence-electron chi connectivity index (χ4n) is 2.43. The summed E-state index contributed by atoms with van der Waals surface area (Å²) in [5, 5.41) is 7.04. The van der Waals surface area contributed by atoms with Gasteiger partial charge in [0.15, 0.2) is 0 Å². The van der Waals surface area contributed by atoms with Crippen LogP contribution in [0.2, 0.25) is 0 Å². The number of rotatable bonds is 3. The minimum atomic E-state index is 0.424. The highest BCUT2D eigenvalue weighted by Gasteiger charge is 2.22. The van der Waals surface area contributed by atoms with E-state index in [4.69, 9.17) is 0 Å². The lowest BCUT2D eigenvalue weighted by Gasteiger charge is -2.31. The quantitative estimate of drug-likeness (QED) is 0.891. The molecule has 0 bridgehead atoms. The molecule has 1 aromatic rings. The molecule has 0 aromatic heterocycles. The Hall–Kier alpha value is -0.380. The molecule has 2 rings (SSSR count). The Balaban J connectivity index is 2.11. The van der Waals surface area contributed by atoms with Crippen molar-refractivity contribution in [2.45, 2.75) is 31.3 Å². The average molecular weight is 283 g/mol. The summed E-state index contributed by atoms with van der Waals surface area (Å²) in [5.74, 6) is 0. The van der Waals surface area contributed by atoms with Crippen LogP contribution in [0.1, 0.15) is 30.9 Å². The summed E-state index contributed by atoms with van der Waals surface area (Å²) < 4.78 is 1.14. The second-order valence-corrected chi connectivity index (χ2v) is 5.29. The van der Waals surface area contributed by atoms with E-state index in [1.54, 1.807) is 0 Å². The van der Waals surface area contributed by atoms with Crippen molar-refractivity contribution in [1.82, 2.24) is 10.6 Å². The number of hydrogen-bond donors (Lipinski definition) is 2. The van der Waals surface area contributed by atoms with Crippen LogP contribution in [0.3, 0.4) is 0 Å². The van der Waals surface area contributed by atoms with Crippen molar-refractivity contribution in [2.24, 2.45) is 0 Å². The number of nitrogens with one attached hydrogen (secondary N) is 2. The number of likely N-dealkylation sites (N-methyl/N-ethyl adjacent to an activating group) is 1. The fourth-order valence-corrected chi connectivity index (χ4v) is 2.70. The topological polar surface area (TPSA) is 24.1 Å². The maximum absolute atomic E-state index is 3.61. The molecule has 0 spiro atoms. The molecular formula is C13H19BrN2. The summed E-state index contributed by atoms with van der Waals surface area (Å²) >= 11 is 3.48. The summed E-state index contributed by atoms with van der Waals surface area (Å²) in [6, 6.07) is 9.61. The Bertz CT molecular complexity index is 317. The zero-order valence-electron chi connectivity index (χ0n) is 9.67. The van der Waals surface area contributed by atoms with E-state index >= 15 is 0 Å². The van der Waals surface area contributed by atoms with Crippen LogP contribution >= 0.6 is 15.9 Å². The van der Waals surface area contributed by atoms with Crippen LogP contribution in [0, 0.1) is 0 Å². The van der Waals surface area contributed by atoms with E-state index in [0.717, 1.165) is 11.0 Å². The first-order chi connectivity index (χ1) is 7.81. The second kappa shape index (κ2) is 5.80. The maximum atomic E-state index is 3.61. The number of halogens is 1. The highest BCUT2D eigenvalue weighted by Crippen LogP contribution is 2.23. The van der Waals surface area contributed by atoms with Crippen LogP contribution in [0.4, 0.5) is 0 Å². The molecule has 0 aliphatic carbocycles. The average Bonchev–Trinajstić information content (AvgIpc) is 2.34. The molecule has 1 aromatic carbocycles. The van der Waals surface area contributed by atoms with Gasteiger partial charge in [0.25, 0.3) is 0 Å². The number of piperidine rings is 1. The highest BCUT2D eigenvalue weighted by molar-refractivity contribution is 9.10. The van der Waals surface area contributed by atoms with Crippen molar-refractivity contribution in [1.29, 1.82) is 0 Å². The SMILES string of the molecule is CNC(c1ccc(Br)cc1)C1CCCCN1. The molecule has 1 heterocycles. The third-order valence-electron chi connectivity index (χ3n) is 3.29. The predicted octanol–water partition coefficient (Wildman–Crippen LogP) is 2.85. The van der Waals surface area contributed by atoms with Gasteiger partial charge in [-0.3, -0.25) is 0 Å². The number of benzene rings is 1. The Labute approximate surface area is 106 Å². The molecule has 2 unspecified atom stereocenters. The lowest BCUT2D eigenvalue weighted by molar-refractivity contribution is 0.326. The van der Waals surface area contributed by atoms with Crippen molar-refractivity contribution >= 4 is 15.9 Å². The van der Waals surface area contributed by atoms with Gasteiger partial charge in [-0.25, -0.2) is 0 Å². The summed E-state index contributed by atoms with van der Waals surface area (Å²) in [6.45, 7) is 1.15. The molecule has 1 saturated heterocycles. The summed E-state index contributed by atoms with van der Waals surface area (Å²) in [5.41, 5.74) is 1.37. The van der Waals surface area contributed by atoms with Gasteiger partial charge in [0.2, 0.25) is 0 Å². The Morgan fingerprint density at radius 2 is 2.06 bits per heavy atom. The Morgan fingerprint density at radius 3 is 2.62 bits per heavy atom. The monoisotopic (exact) mass is 282 g/mol. The normalized spacial score (nSPS) is 23.0. The third-order valence-corrected chi connectivity index (χ3v) is 3.82. The number of hydrogen-bond acceptors (Lipinski definition) is 2. The van der Waals surface area contributed by atoms with E-state index in [-0.39, 0.29) is 0 Å². The summed E-state index contributed by atoms with van der Waals surface area (Å²) in [7, 11) is 2.04. The largest absolute Gasteiger partial charge is 0.312 e. The lowest BCUT2D eigenvalue weighted by atomic mass is 9.93. The van der Waals surface area contributed by atoms with Crippen LogP contribution < -0.4 is 10.6 Å². The molecule has 0 saturated carbocycles. The van der Waals surface area contributed by atoms with E-state index in [1.807, 2.05) is 7.05 Å². The third kappa shape index (κ3) is 2.84. The molecule has 2 nitrogen and oxygen atoms in total. The molecule has 0 amide bonds. The van der Waals surface area contributed by atoms with Crippen molar-refractivity contribution in [3.63, 3.8) is 0 Å². The van der Waals surface area contributed by atoms with E-state index < -0.39 is 0 Å². The Kier molecular flexibility index (Phi) is 4.38. The van der Waals surface area contributed by atoms with Crippen molar-refractivity contribution in [3.8, 4) is 0 Å². The van der Waals surface area contributed by atoms with E-state index in [0.29, 0.717) is 12.1 Å². The molecule has 2 N–H and O–H groups in total. The molecule has 2 atom stereocenters. The standard InChI is InChI=1S/C13H19BrN2/c1-15-13(12-4-2-3-9-16-12)10-5-7-11(14)8-6-10/h5-8,12-13,15-16H,2-4,9H2,1H3. The maximum Gasteiger partial charge on any atom is 0.0473 e. The first-order valence-corrected chi connectivity index (χ1v) is 6.76.